The molecular weight excluding hydrogens is 259 g/mol. The Kier molecular flexibility index (Phi) is 4.09. The molecular formula is C13H14F3NO2. The minimum Gasteiger partial charge on any atom is -0.370 e. The second-order valence-electron chi connectivity index (χ2n) is 4.37. The fourth-order valence-electron chi connectivity index (χ4n) is 2.05. The van der Waals surface area contributed by atoms with E-state index in [-0.39, 0.29) is 19.1 Å². The molecule has 0 spiro atoms. The Morgan fingerprint density at radius 2 is 2.00 bits per heavy atom. The highest BCUT2D eigenvalue weighted by molar-refractivity contribution is 5.96. The molecule has 0 radical (unpaired) electrons. The highest BCUT2D eigenvalue weighted by atomic mass is 19.4. The number of ether oxygens (including phenoxy) is 1. The lowest BCUT2D eigenvalue weighted by Gasteiger charge is -2.28. The third-order valence-electron chi connectivity index (χ3n) is 2.96. The zero-order valence-electron chi connectivity index (χ0n) is 10.2. The predicted octanol–water partition coefficient (Wildman–Crippen LogP) is 2.26. The van der Waals surface area contributed by atoms with E-state index < -0.39 is 12.8 Å². The first kappa shape index (κ1) is 13.9. The molecule has 0 aliphatic carbocycles. The van der Waals surface area contributed by atoms with Crippen molar-refractivity contribution in [3.8, 4) is 0 Å². The van der Waals surface area contributed by atoms with Gasteiger partial charge in [-0.25, -0.2) is 0 Å². The molecule has 19 heavy (non-hydrogen) atoms. The number of carbonyl (C=O) groups excluding carboxylic acids is 1. The molecule has 0 N–H and O–H groups in total. The Labute approximate surface area is 109 Å². The number of alkyl halides is 3. The Morgan fingerprint density at radius 3 is 2.74 bits per heavy atom. The van der Waals surface area contributed by atoms with Crippen LogP contribution in [0, 0.1) is 0 Å². The number of benzene rings is 1. The van der Waals surface area contributed by atoms with Crippen molar-refractivity contribution in [2.24, 2.45) is 0 Å². The van der Waals surface area contributed by atoms with Crippen LogP contribution in [-0.2, 0) is 11.2 Å². The molecule has 2 rings (SSSR count). The summed E-state index contributed by atoms with van der Waals surface area (Å²) in [5, 5.41) is 0. The molecule has 1 amide bonds. The number of fused-ring (bicyclic) bond motifs is 1. The van der Waals surface area contributed by atoms with Crippen molar-refractivity contribution in [1.29, 1.82) is 0 Å². The van der Waals surface area contributed by atoms with Crippen LogP contribution >= 0.6 is 0 Å². The van der Waals surface area contributed by atoms with Gasteiger partial charge >= 0.3 is 6.18 Å². The molecule has 0 atom stereocenters. The van der Waals surface area contributed by atoms with Gasteiger partial charge in [0.05, 0.1) is 6.61 Å². The zero-order chi connectivity index (χ0) is 13.9. The van der Waals surface area contributed by atoms with Crippen molar-refractivity contribution in [3.05, 3.63) is 35.4 Å². The first-order chi connectivity index (χ1) is 8.97. The van der Waals surface area contributed by atoms with Gasteiger partial charge in [0.1, 0.15) is 6.61 Å². The first-order valence-electron chi connectivity index (χ1n) is 5.99. The van der Waals surface area contributed by atoms with Crippen LogP contribution in [0.1, 0.15) is 15.9 Å². The van der Waals surface area contributed by atoms with Gasteiger partial charge in [0, 0.05) is 18.7 Å². The largest absolute Gasteiger partial charge is 0.411 e. The highest BCUT2D eigenvalue weighted by Crippen LogP contribution is 2.18. The van der Waals surface area contributed by atoms with Crippen molar-refractivity contribution in [2.45, 2.75) is 12.6 Å². The summed E-state index contributed by atoms with van der Waals surface area (Å²) in [4.78, 5) is 13.6. The quantitative estimate of drug-likeness (QED) is 0.788. The van der Waals surface area contributed by atoms with E-state index in [1.807, 2.05) is 12.1 Å². The number of carbonyl (C=O) groups is 1. The van der Waals surface area contributed by atoms with E-state index in [0.717, 1.165) is 12.0 Å². The maximum atomic E-state index is 12.1. The second kappa shape index (κ2) is 5.61. The summed E-state index contributed by atoms with van der Waals surface area (Å²) >= 11 is 0. The Hall–Kier alpha value is -1.56. The smallest absolute Gasteiger partial charge is 0.370 e. The molecule has 1 aromatic carbocycles. The van der Waals surface area contributed by atoms with Gasteiger partial charge in [0.2, 0.25) is 0 Å². The third-order valence-corrected chi connectivity index (χ3v) is 2.96. The standard InChI is InChI=1S/C13H14F3NO2/c14-13(15,16)9-19-8-7-17-6-5-10-3-1-2-4-11(10)12(17)18/h1-4H,5-9H2. The van der Waals surface area contributed by atoms with Crippen LogP contribution < -0.4 is 0 Å². The summed E-state index contributed by atoms with van der Waals surface area (Å²) in [5.74, 6) is -0.141. The van der Waals surface area contributed by atoms with Crippen LogP contribution in [0.25, 0.3) is 0 Å². The maximum absolute atomic E-state index is 12.1. The maximum Gasteiger partial charge on any atom is 0.411 e. The molecule has 0 aromatic heterocycles. The Balaban J connectivity index is 1.85. The Morgan fingerprint density at radius 1 is 1.26 bits per heavy atom. The molecule has 1 heterocycles. The topological polar surface area (TPSA) is 29.5 Å². The van der Waals surface area contributed by atoms with Crippen LogP contribution in [0.2, 0.25) is 0 Å². The molecule has 1 aliphatic heterocycles. The number of halogens is 3. The SMILES string of the molecule is O=C1c2ccccc2CCN1CCOCC(F)(F)F. The second-order valence-corrected chi connectivity index (χ2v) is 4.37. The number of nitrogens with zero attached hydrogens (tertiary/aromatic N) is 1. The summed E-state index contributed by atoms with van der Waals surface area (Å²) in [7, 11) is 0. The van der Waals surface area contributed by atoms with Crippen molar-refractivity contribution >= 4 is 5.91 Å². The van der Waals surface area contributed by atoms with E-state index in [1.165, 1.54) is 4.90 Å². The van der Waals surface area contributed by atoms with Crippen LogP contribution in [0.5, 0.6) is 0 Å². The van der Waals surface area contributed by atoms with Gasteiger partial charge in [-0.15, -0.1) is 0 Å². The molecule has 1 aliphatic rings. The fraction of sp³-hybridized carbons (Fsp3) is 0.462. The van der Waals surface area contributed by atoms with E-state index >= 15 is 0 Å². The van der Waals surface area contributed by atoms with Crippen LogP contribution in [-0.4, -0.2) is 43.3 Å². The van der Waals surface area contributed by atoms with Crippen molar-refractivity contribution in [2.75, 3.05) is 26.3 Å². The van der Waals surface area contributed by atoms with Crippen molar-refractivity contribution in [3.63, 3.8) is 0 Å². The van der Waals surface area contributed by atoms with Gasteiger partial charge in [-0.05, 0) is 18.1 Å². The van der Waals surface area contributed by atoms with E-state index in [4.69, 9.17) is 0 Å². The van der Waals surface area contributed by atoms with Gasteiger partial charge in [-0.1, -0.05) is 18.2 Å². The molecule has 3 nitrogen and oxygen atoms in total. The molecule has 0 fully saturated rings. The van der Waals surface area contributed by atoms with Gasteiger partial charge in [0.15, 0.2) is 0 Å². The molecule has 0 bridgehead atoms. The predicted molar refractivity (Wildman–Crippen MR) is 62.9 cm³/mol. The van der Waals surface area contributed by atoms with Gasteiger partial charge in [-0.3, -0.25) is 4.79 Å². The lowest BCUT2D eigenvalue weighted by atomic mass is 9.99. The summed E-state index contributed by atoms with van der Waals surface area (Å²) in [6.07, 6.45) is -3.60. The van der Waals surface area contributed by atoms with Gasteiger partial charge in [0.25, 0.3) is 5.91 Å². The lowest BCUT2D eigenvalue weighted by Crippen LogP contribution is -2.39. The number of rotatable bonds is 4. The fourth-order valence-corrected chi connectivity index (χ4v) is 2.05. The Bertz CT molecular complexity index is 459. The first-order valence-corrected chi connectivity index (χ1v) is 5.99. The summed E-state index contributed by atoms with van der Waals surface area (Å²) in [5.41, 5.74) is 1.62. The molecule has 0 unspecified atom stereocenters. The van der Waals surface area contributed by atoms with Crippen molar-refractivity contribution in [1.82, 2.24) is 4.90 Å². The monoisotopic (exact) mass is 273 g/mol. The highest BCUT2D eigenvalue weighted by Gasteiger charge is 2.28. The number of amides is 1. The van der Waals surface area contributed by atoms with E-state index in [1.54, 1.807) is 12.1 Å². The third kappa shape index (κ3) is 3.70. The van der Waals surface area contributed by atoms with E-state index in [0.29, 0.717) is 12.1 Å². The summed E-state index contributed by atoms with van der Waals surface area (Å²) in [6, 6.07) is 7.28. The van der Waals surface area contributed by atoms with Gasteiger partial charge < -0.3 is 9.64 Å². The molecule has 104 valence electrons. The zero-order valence-corrected chi connectivity index (χ0v) is 10.2. The average Bonchev–Trinajstić information content (AvgIpc) is 2.36. The minimum absolute atomic E-state index is 0.104. The summed E-state index contributed by atoms with van der Waals surface area (Å²) in [6.45, 7) is -0.673. The number of hydrogen-bond acceptors (Lipinski definition) is 2. The van der Waals surface area contributed by atoms with E-state index in [9.17, 15) is 18.0 Å². The van der Waals surface area contributed by atoms with Crippen LogP contribution in [0.3, 0.4) is 0 Å². The average molecular weight is 273 g/mol. The van der Waals surface area contributed by atoms with Crippen LogP contribution in [0.15, 0.2) is 24.3 Å². The molecule has 6 heteroatoms. The summed E-state index contributed by atoms with van der Waals surface area (Å²) < 4.78 is 40.2. The molecule has 1 aromatic rings. The van der Waals surface area contributed by atoms with Gasteiger partial charge in [-0.2, -0.15) is 13.2 Å². The normalized spacial score (nSPS) is 15.5. The van der Waals surface area contributed by atoms with E-state index in [2.05, 4.69) is 4.74 Å². The van der Waals surface area contributed by atoms with Crippen molar-refractivity contribution < 1.29 is 22.7 Å². The van der Waals surface area contributed by atoms with Crippen LogP contribution in [0.4, 0.5) is 13.2 Å². The molecule has 0 saturated heterocycles. The number of hydrogen-bond donors (Lipinski definition) is 0. The molecule has 0 saturated carbocycles. The lowest BCUT2D eigenvalue weighted by molar-refractivity contribution is -0.174. The minimum atomic E-state index is -4.32.